The SMILES string of the molecule is Cc1oc(C)c(C(=O)NCCCO)c1C. The summed E-state index contributed by atoms with van der Waals surface area (Å²) in [5.41, 5.74) is 1.50. The van der Waals surface area contributed by atoms with E-state index in [9.17, 15) is 4.79 Å². The number of furan rings is 1. The van der Waals surface area contributed by atoms with E-state index < -0.39 is 0 Å². The number of aliphatic hydroxyl groups is 1. The molecule has 0 saturated carbocycles. The second-order valence-electron chi connectivity index (χ2n) is 3.55. The predicted molar refractivity (Wildman–Crippen MR) is 57.0 cm³/mol. The standard InChI is InChI=1S/C11H17NO3/c1-7-8(2)15-9(3)10(7)11(14)12-5-4-6-13/h13H,4-6H2,1-3H3,(H,12,14). The van der Waals surface area contributed by atoms with Gasteiger partial charge in [-0.15, -0.1) is 0 Å². The summed E-state index contributed by atoms with van der Waals surface area (Å²) in [4.78, 5) is 11.7. The number of hydrogen-bond donors (Lipinski definition) is 2. The number of carbonyl (C=O) groups excluding carboxylic acids is 1. The van der Waals surface area contributed by atoms with Crippen molar-refractivity contribution in [2.75, 3.05) is 13.2 Å². The van der Waals surface area contributed by atoms with Crippen LogP contribution in [-0.4, -0.2) is 24.2 Å². The van der Waals surface area contributed by atoms with Crippen LogP contribution < -0.4 is 5.32 Å². The van der Waals surface area contributed by atoms with Gasteiger partial charge < -0.3 is 14.8 Å². The summed E-state index contributed by atoms with van der Waals surface area (Å²) in [6.45, 7) is 6.06. The first-order chi connectivity index (χ1) is 7.07. The highest BCUT2D eigenvalue weighted by atomic mass is 16.3. The van der Waals surface area contributed by atoms with Crippen molar-refractivity contribution in [3.8, 4) is 0 Å². The number of nitrogens with one attached hydrogen (secondary N) is 1. The van der Waals surface area contributed by atoms with Crippen LogP contribution in [0.25, 0.3) is 0 Å². The molecule has 0 fully saturated rings. The number of hydrogen-bond acceptors (Lipinski definition) is 3. The molecule has 1 heterocycles. The molecular formula is C11H17NO3. The van der Waals surface area contributed by atoms with Crippen LogP contribution in [0.2, 0.25) is 0 Å². The van der Waals surface area contributed by atoms with Crippen LogP contribution in [0.5, 0.6) is 0 Å². The maximum absolute atomic E-state index is 11.7. The Morgan fingerprint density at radius 3 is 2.47 bits per heavy atom. The summed E-state index contributed by atoms with van der Waals surface area (Å²) >= 11 is 0. The van der Waals surface area contributed by atoms with Crippen molar-refractivity contribution >= 4 is 5.91 Å². The van der Waals surface area contributed by atoms with Gasteiger partial charge in [-0.3, -0.25) is 4.79 Å². The predicted octanol–water partition coefficient (Wildman–Crippen LogP) is 1.32. The van der Waals surface area contributed by atoms with E-state index in [1.54, 1.807) is 6.92 Å². The number of carbonyl (C=O) groups is 1. The molecule has 4 heteroatoms. The minimum Gasteiger partial charge on any atom is -0.466 e. The third kappa shape index (κ3) is 2.59. The first kappa shape index (κ1) is 11.8. The molecule has 15 heavy (non-hydrogen) atoms. The van der Waals surface area contributed by atoms with E-state index in [1.165, 1.54) is 0 Å². The fourth-order valence-corrected chi connectivity index (χ4v) is 1.50. The average molecular weight is 211 g/mol. The Morgan fingerprint density at radius 2 is 2.00 bits per heavy atom. The number of amides is 1. The fraction of sp³-hybridized carbons (Fsp3) is 0.545. The van der Waals surface area contributed by atoms with Gasteiger partial charge in [0, 0.05) is 18.7 Å². The van der Waals surface area contributed by atoms with Crippen LogP contribution in [0.4, 0.5) is 0 Å². The Bertz CT molecular complexity index is 355. The molecule has 0 bridgehead atoms. The van der Waals surface area contributed by atoms with Crippen LogP contribution in [0, 0.1) is 20.8 Å². The lowest BCUT2D eigenvalue weighted by atomic mass is 10.1. The molecular weight excluding hydrogens is 194 g/mol. The van der Waals surface area contributed by atoms with Gasteiger partial charge in [-0.1, -0.05) is 0 Å². The molecule has 0 atom stereocenters. The molecule has 1 aromatic heterocycles. The van der Waals surface area contributed by atoms with Gasteiger partial charge in [0.25, 0.3) is 5.91 Å². The largest absolute Gasteiger partial charge is 0.466 e. The summed E-state index contributed by atoms with van der Waals surface area (Å²) in [6, 6.07) is 0. The quantitative estimate of drug-likeness (QED) is 0.738. The molecule has 0 unspecified atom stereocenters. The monoisotopic (exact) mass is 211 g/mol. The number of rotatable bonds is 4. The normalized spacial score (nSPS) is 10.4. The Kier molecular flexibility index (Phi) is 3.91. The third-order valence-electron chi connectivity index (χ3n) is 2.41. The summed E-state index contributed by atoms with van der Waals surface area (Å²) < 4.78 is 5.36. The van der Waals surface area contributed by atoms with Crippen LogP contribution >= 0.6 is 0 Å². The van der Waals surface area contributed by atoms with E-state index >= 15 is 0 Å². The van der Waals surface area contributed by atoms with Crippen molar-refractivity contribution in [3.05, 3.63) is 22.6 Å². The maximum atomic E-state index is 11.7. The lowest BCUT2D eigenvalue weighted by Crippen LogP contribution is -2.25. The van der Waals surface area contributed by atoms with Crippen LogP contribution in [0.1, 0.15) is 33.9 Å². The molecule has 0 aliphatic carbocycles. The van der Waals surface area contributed by atoms with Crippen LogP contribution in [0.15, 0.2) is 4.42 Å². The Hall–Kier alpha value is -1.29. The Labute approximate surface area is 89.3 Å². The Morgan fingerprint density at radius 1 is 1.33 bits per heavy atom. The summed E-state index contributed by atoms with van der Waals surface area (Å²) in [7, 11) is 0. The molecule has 0 aliphatic rings. The van der Waals surface area contributed by atoms with E-state index in [0.717, 1.165) is 11.3 Å². The fourth-order valence-electron chi connectivity index (χ4n) is 1.50. The lowest BCUT2D eigenvalue weighted by molar-refractivity contribution is 0.0949. The zero-order valence-electron chi connectivity index (χ0n) is 9.39. The highest BCUT2D eigenvalue weighted by Gasteiger charge is 2.17. The van der Waals surface area contributed by atoms with Gasteiger partial charge in [-0.05, 0) is 27.2 Å². The van der Waals surface area contributed by atoms with Gasteiger partial charge in [0.2, 0.25) is 0 Å². The molecule has 84 valence electrons. The van der Waals surface area contributed by atoms with Crippen molar-refractivity contribution in [1.82, 2.24) is 5.32 Å². The molecule has 0 spiro atoms. The average Bonchev–Trinajstić information content (AvgIpc) is 2.41. The molecule has 0 radical (unpaired) electrons. The second kappa shape index (κ2) is 4.98. The molecule has 0 saturated heterocycles. The van der Waals surface area contributed by atoms with E-state index in [-0.39, 0.29) is 12.5 Å². The summed E-state index contributed by atoms with van der Waals surface area (Å²) in [5, 5.41) is 11.3. The van der Waals surface area contributed by atoms with Gasteiger partial charge >= 0.3 is 0 Å². The zero-order chi connectivity index (χ0) is 11.4. The topological polar surface area (TPSA) is 62.5 Å². The van der Waals surface area contributed by atoms with Crippen molar-refractivity contribution in [1.29, 1.82) is 0 Å². The first-order valence-electron chi connectivity index (χ1n) is 5.03. The number of aryl methyl sites for hydroxylation is 2. The molecule has 4 nitrogen and oxygen atoms in total. The minimum atomic E-state index is -0.129. The minimum absolute atomic E-state index is 0.0860. The van der Waals surface area contributed by atoms with E-state index in [4.69, 9.17) is 9.52 Å². The molecule has 0 aromatic carbocycles. The van der Waals surface area contributed by atoms with Gasteiger partial charge in [-0.25, -0.2) is 0 Å². The number of aliphatic hydroxyl groups excluding tert-OH is 1. The molecule has 1 aromatic rings. The van der Waals surface area contributed by atoms with E-state index in [0.29, 0.717) is 24.3 Å². The van der Waals surface area contributed by atoms with Crippen molar-refractivity contribution < 1.29 is 14.3 Å². The summed E-state index contributed by atoms with van der Waals surface area (Å²) in [6.07, 6.45) is 0.570. The van der Waals surface area contributed by atoms with Crippen LogP contribution in [0.3, 0.4) is 0 Å². The highest BCUT2D eigenvalue weighted by Crippen LogP contribution is 2.20. The smallest absolute Gasteiger partial charge is 0.255 e. The molecule has 1 amide bonds. The first-order valence-corrected chi connectivity index (χ1v) is 5.03. The lowest BCUT2D eigenvalue weighted by Gasteiger charge is -2.03. The van der Waals surface area contributed by atoms with Gasteiger partial charge in [0.05, 0.1) is 5.56 Å². The Balaban J connectivity index is 2.73. The van der Waals surface area contributed by atoms with Gasteiger partial charge in [-0.2, -0.15) is 0 Å². The second-order valence-corrected chi connectivity index (χ2v) is 3.55. The van der Waals surface area contributed by atoms with Crippen molar-refractivity contribution in [3.63, 3.8) is 0 Å². The molecule has 1 rings (SSSR count). The van der Waals surface area contributed by atoms with Gasteiger partial charge in [0.15, 0.2) is 0 Å². The van der Waals surface area contributed by atoms with E-state index in [1.807, 2.05) is 13.8 Å². The maximum Gasteiger partial charge on any atom is 0.255 e. The van der Waals surface area contributed by atoms with Crippen LogP contribution in [-0.2, 0) is 0 Å². The van der Waals surface area contributed by atoms with E-state index in [2.05, 4.69) is 5.32 Å². The third-order valence-corrected chi connectivity index (χ3v) is 2.41. The summed E-state index contributed by atoms with van der Waals surface area (Å²) in [5.74, 6) is 1.29. The highest BCUT2D eigenvalue weighted by molar-refractivity contribution is 5.96. The molecule has 2 N–H and O–H groups in total. The van der Waals surface area contributed by atoms with Crippen molar-refractivity contribution in [2.24, 2.45) is 0 Å². The van der Waals surface area contributed by atoms with Gasteiger partial charge in [0.1, 0.15) is 11.5 Å². The molecule has 0 aliphatic heterocycles. The van der Waals surface area contributed by atoms with Crippen molar-refractivity contribution in [2.45, 2.75) is 27.2 Å². The zero-order valence-corrected chi connectivity index (χ0v) is 9.39.